The van der Waals surface area contributed by atoms with Gasteiger partial charge in [-0.2, -0.15) is 0 Å². The number of amides is 2. The number of alkyl halides is 1. The first-order chi connectivity index (χ1) is 47.2. The normalized spacial score (nSPS) is 14.3. The average molecular weight is 1650 g/mol. The predicted octanol–water partition coefficient (Wildman–Crippen LogP) is 8.72. The number of H-pyrrole nitrogens is 1. The van der Waals surface area contributed by atoms with E-state index in [1.807, 2.05) is 55.4 Å². The molecule has 2 fully saturated rings. The highest BCUT2D eigenvalue weighted by atomic mass is 127. The molecule has 2 aromatic carbocycles. The van der Waals surface area contributed by atoms with Gasteiger partial charge in [-0.05, 0) is 130 Å². The fraction of sp³-hybridized carbons (Fsp3) is 0.317. The number of benzene rings is 2. The molecule has 27 nitrogen and oxygen atoms in total. The number of aromatic amines is 1. The van der Waals surface area contributed by atoms with Gasteiger partial charge in [-0.25, -0.2) is 47.5 Å². The van der Waals surface area contributed by atoms with Crippen LogP contribution in [0.2, 0.25) is 5.15 Å². The lowest BCUT2D eigenvalue weighted by molar-refractivity contribution is 0.00578. The van der Waals surface area contributed by atoms with E-state index >= 15 is 0 Å². The molecule has 9 heterocycles. The van der Waals surface area contributed by atoms with Crippen LogP contribution in [0.1, 0.15) is 87.5 Å². The molecule has 0 unspecified atom stereocenters. The van der Waals surface area contributed by atoms with E-state index in [9.17, 15) is 46.6 Å². The monoisotopic (exact) mass is 1650 g/mol. The highest BCUT2D eigenvalue weighted by molar-refractivity contribution is 14.1. The van der Waals surface area contributed by atoms with Crippen molar-refractivity contribution in [2.24, 2.45) is 0 Å². The summed E-state index contributed by atoms with van der Waals surface area (Å²) in [5.74, 6) is -5.15. The third-order valence-electron chi connectivity index (χ3n) is 15.0. The Labute approximate surface area is 605 Å². The molecule has 0 radical (unpaired) electrons. The van der Waals surface area contributed by atoms with Crippen molar-refractivity contribution in [2.45, 2.75) is 104 Å². The van der Waals surface area contributed by atoms with E-state index in [4.69, 9.17) is 60.7 Å². The first-order valence-corrected chi connectivity index (χ1v) is 33.4. The zero-order valence-corrected chi connectivity index (χ0v) is 61.0. The van der Waals surface area contributed by atoms with Gasteiger partial charge in [-0.3, -0.25) is 24.0 Å². The minimum absolute atomic E-state index is 0.0175. The van der Waals surface area contributed by atoms with Gasteiger partial charge >= 0.3 is 14.0 Å². The number of pyridine rings is 3. The van der Waals surface area contributed by atoms with Crippen LogP contribution in [-0.4, -0.2) is 132 Å². The quantitative estimate of drug-likeness (QED) is 0.0206. The van der Waals surface area contributed by atoms with Crippen LogP contribution in [0.4, 0.5) is 29.2 Å². The number of nitrogens with zero attached hydrogens (tertiary/aromatic N) is 8. The van der Waals surface area contributed by atoms with Crippen molar-refractivity contribution in [2.75, 3.05) is 35.7 Å². The van der Waals surface area contributed by atoms with Crippen molar-refractivity contribution in [3.63, 3.8) is 0 Å². The number of hydrogen-bond acceptors (Lipinski definition) is 22. The largest absolute Gasteiger partial charge is 0.488 e. The van der Waals surface area contributed by atoms with Crippen molar-refractivity contribution >= 4 is 104 Å². The van der Waals surface area contributed by atoms with E-state index < -0.39 is 62.2 Å². The lowest BCUT2D eigenvalue weighted by Crippen LogP contribution is -2.41. The molecular formula is C63H69B2Br2ClF4IN13O14. The SMILES string of the molecule is CC1(C)OB(B2OC(C)(C)C(C)(C)O2)OC1(C)C.Nc1nc(-c2ncco2)c(-c2ccc(=O)n(CCO)c2)nc1C(=O)NCc1c(F)cccc1F.Nc1nc(-c2ncco2)c(Cl)nc1C(=O)NCc1c(F)cccc1F.O=c1ccc(Br)c[nH]1.O=c1ccc(Br)cn1CCO.OCCI. The second-order valence-electron chi connectivity index (χ2n) is 23.0. The van der Waals surface area contributed by atoms with Crippen LogP contribution < -0.4 is 38.8 Å². The average Bonchev–Trinajstić information content (AvgIpc) is 1.60. The number of carbonyl (C=O) groups is 2. The summed E-state index contributed by atoms with van der Waals surface area (Å²) < 4.78 is 94.4. The van der Waals surface area contributed by atoms with Crippen molar-refractivity contribution in [3.8, 4) is 34.4 Å². The topological polar surface area (TPSA) is 388 Å². The van der Waals surface area contributed by atoms with Crippen LogP contribution >= 0.6 is 66.1 Å². The Morgan fingerprint density at radius 3 is 1.40 bits per heavy atom. The number of rotatable bonds is 15. The van der Waals surface area contributed by atoms with Gasteiger partial charge in [-0.1, -0.05) is 46.3 Å². The lowest BCUT2D eigenvalue weighted by Gasteiger charge is -2.32. The predicted molar refractivity (Wildman–Crippen MR) is 379 cm³/mol. The molecule has 532 valence electrons. The first kappa shape index (κ1) is 80.9. The maximum Gasteiger partial charge on any atom is 0.488 e. The molecule has 2 amide bonds. The second-order valence-corrected chi connectivity index (χ2v) is 26.3. The van der Waals surface area contributed by atoms with Crippen molar-refractivity contribution in [3.05, 3.63) is 207 Å². The molecule has 2 saturated heterocycles. The Morgan fingerprint density at radius 2 is 1.00 bits per heavy atom. The molecule has 2 aliphatic heterocycles. The summed E-state index contributed by atoms with van der Waals surface area (Å²) >= 11 is 14.5. The van der Waals surface area contributed by atoms with E-state index in [-0.39, 0.29) is 127 Å². The number of carbonyl (C=O) groups excluding carboxylic acids is 2. The van der Waals surface area contributed by atoms with Crippen molar-refractivity contribution in [1.82, 2.24) is 54.7 Å². The number of anilines is 2. The number of aliphatic hydroxyl groups excluding tert-OH is 3. The summed E-state index contributed by atoms with van der Waals surface area (Å²) in [5, 5.41) is 30.2. The van der Waals surface area contributed by atoms with Gasteiger partial charge in [0.1, 0.15) is 41.5 Å². The minimum atomic E-state index is -0.823. The van der Waals surface area contributed by atoms with E-state index in [1.54, 1.807) is 24.5 Å². The zero-order chi connectivity index (χ0) is 73.9. The van der Waals surface area contributed by atoms with Crippen LogP contribution in [-0.2, 0) is 44.8 Å². The molecular weight excluding hydrogens is 1580 g/mol. The van der Waals surface area contributed by atoms with E-state index in [1.165, 1.54) is 76.6 Å². The van der Waals surface area contributed by atoms with Gasteiger partial charge in [0.15, 0.2) is 39.6 Å². The molecule has 0 aliphatic carbocycles. The number of nitrogens with two attached hydrogens (primary N) is 2. The van der Waals surface area contributed by atoms with Crippen LogP contribution in [0, 0.1) is 23.3 Å². The number of nitrogen functional groups attached to an aromatic ring is 2. The molecule has 10 N–H and O–H groups in total. The van der Waals surface area contributed by atoms with Gasteiger partial charge < -0.3 is 79.0 Å². The number of aliphatic hydroxyl groups is 3. The lowest BCUT2D eigenvalue weighted by atomic mass is 9.49. The molecule has 37 heteroatoms. The van der Waals surface area contributed by atoms with Gasteiger partial charge in [0.05, 0.1) is 54.6 Å². The fourth-order valence-corrected chi connectivity index (χ4v) is 9.25. The summed E-state index contributed by atoms with van der Waals surface area (Å²) in [6.45, 7) is 15.8. The summed E-state index contributed by atoms with van der Waals surface area (Å²) in [6.07, 6.45) is 10.1. The Hall–Kier alpha value is -8.04. The molecule has 0 bridgehead atoms. The minimum Gasteiger partial charge on any atom is -0.443 e. The number of nitrogens with one attached hydrogen (secondary N) is 3. The second kappa shape index (κ2) is 36.5. The van der Waals surface area contributed by atoms with Crippen molar-refractivity contribution in [1.29, 1.82) is 0 Å². The molecule has 0 spiro atoms. The molecule has 0 saturated carbocycles. The highest BCUT2D eigenvalue weighted by Gasteiger charge is 2.63. The number of aromatic nitrogens is 9. The summed E-state index contributed by atoms with van der Waals surface area (Å²) in [6, 6.07) is 15.8. The summed E-state index contributed by atoms with van der Waals surface area (Å²) in [4.78, 5) is 85.1. The molecule has 9 aromatic rings. The van der Waals surface area contributed by atoms with Gasteiger partial charge in [0, 0.05) is 93.0 Å². The van der Waals surface area contributed by atoms with E-state index in [2.05, 4.69) is 100.0 Å². The van der Waals surface area contributed by atoms with Gasteiger partial charge in [0.25, 0.3) is 22.9 Å². The number of hydrogen-bond donors (Lipinski definition) is 8. The molecule has 100 heavy (non-hydrogen) atoms. The van der Waals surface area contributed by atoms with Crippen LogP contribution in [0.15, 0.2) is 148 Å². The molecule has 0 atom stereocenters. The summed E-state index contributed by atoms with van der Waals surface area (Å²) in [5.41, 5.74) is 9.17. The van der Waals surface area contributed by atoms with E-state index in [0.717, 1.165) is 37.6 Å². The Bertz CT molecular complexity index is 4310. The Balaban J connectivity index is 0.000000209. The van der Waals surface area contributed by atoms with Gasteiger partial charge in [-0.15, -0.1) is 0 Å². The Kier molecular flexibility index (Phi) is 29.6. The van der Waals surface area contributed by atoms with Gasteiger partial charge in [0.2, 0.25) is 17.3 Å². The third kappa shape index (κ3) is 21.7. The maximum atomic E-state index is 13.9. The smallest absolute Gasteiger partial charge is 0.443 e. The highest BCUT2D eigenvalue weighted by Crippen LogP contribution is 2.43. The third-order valence-corrected chi connectivity index (χ3v) is 16.7. The van der Waals surface area contributed by atoms with E-state index in [0.29, 0.717) is 18.7 Å². The Morgan fingerprint density at radius 1 is 0.590 bits per heavy atom. The summed E-state index contributed by atoms with van der Waals surface area (Å²) in [7, 11) is -0.952. The standard InChI is InChI=1S/C22H18F2N6O4.C15H10ClF2N5O2.C12H24B2O4.C7H8BrNO2.C5H4BrNO.C2H5IO/c23-14-2-1-3-15(24)13(14)10-27-21(33)19-20(25)29-18(22-26-6-9-34-22)17(28-19)12-4-5-16(32)30(11-12)7-8-31;16-12-10(15-20-4-5-25-15)23-13(19)11(22-12)14(24)21-6-7-8(17)2-1-3-9(7)18;1-9(2)10(3,4)16-13(15-9)14-17-11(5,6)12(7,8)18-14;8-6-1-2-7(11)9(5-6)3-4-10;6-4-1-2-5(8)7-3-4;3-1-2-4/h1-6,9,11,31H,7-8,10H2,(H2,25,29)(H,27,33);1-5H,6H2,(H2,19,23)(H,21,24);1-8H3;1-2,5,10H,3-4H2;1-3H,(H,7,8);4H,1-2H2. The maximum absolute atomic E-state index is 13.9. The van der Waals surface area contributed by atoms with Crippen LogP contribution in [0.5, 0.6) is 0 Å². The fourth-order valence-electron chi connectivity index (χ4n) is 8.41. The molecule has 2 aliphatic rings. The van der Waals surface area contributed by atoms with Crippen molar-refractivity contribution < 1.29 is 69.9 Å². The number of oxazole rings is 2. The number of halogens is 8. The van der Waals surface area contributed by atoms with Crippen LogP contribution in [0.25, 0.3) is 34.4 Å². The first-order valence-electron chi connectivity index (χ1n) is 29.9. The van der Waals surface area contributed by atoms with Crippen LogP contribution in [0.3, 0.4) is 0 Å². The zero-order valence-electron chi connectivity index (χ0n) is 54.9. The molecule has 11 rings (SSSR count). The molecule has 7 aromatic heterocycles.